The summed E-state index contributed by atoms with van der Waals surface area (Å²) in [5, 5.41) is 14.6. The molecule has 4 heteroatoms. The molecule has 0 saturated carbocycles. The van der Waals surface area contributed by atoms with Gasteiger partial charge >= 0.3 is 0 Å². The third-order valence-corrected chi connectivity index (χ3v) is 1.76. The Kier molecular flexibility index (Phi) is 2.83. The Balaban J connectivity index is 2.38. The lowest BCUT2D eigenvalue weighted by atomic mass is 10.2. The van der Waals surface area contributed by atoms with Gasteiger partial charge < -0.3 is 15.7 Å². The van der Waals surface area contributed by atoms with Gasteiger partial charge in [0, 0.05) is 12.2 Å². The number of allylic oxidation sites excluding steroid dienone is 1. The van der Waals surface area contributed by atoms with Gasteiger partial charge in [-0.25, -0.2) is 0 Å². The highest BCUT2D eigenvalue weighted by molar-refractivity contribution is 5.83. The number of hydrogen-bond acceptors (Lipinski definition) is 3. The summed E-state index contributed by atoms with van der Waals surface area (Å²) in [6.45, 7) is 5.78. The van der Waals surface area contributed by atoms with Crippen LogP contribution in [0.15, 0.2) is 12.3 Å². The van der Waals surface area contributed by atoms with Crippen LogP contribution in [-0.4, -0.2) is 29.7 Å². The summed E-state index contributed by atoms with van der Waals surface area (Å²) in [6.07, 6.45) is 0.0879. The van der Waals surface area contributed by atoms with Gasteiger partial charge in [-0.2, -0.15) is 0 Å². The lowest BCUT2D eigenvalue weighted by Gasteiger charge is -2.09. The molecule has 0 spiro atoms. The van der Waals surface area contributed by atoms with Crippen molar-refractivity contribution in [2.75, 3.05) is 6.54 Å². The van der Waals surface area contributed by atoms with Gasteiger partial charge in [-0.3, -0.25) is 4.79 Å². The minimum atomic E-state index is -0.397. The smallest absolute Gasteiger partial charge is 0.241 e. The Morgan fingerprint density at radius 1 is 1.75 bits per heavy atom. The molecule has 1 aliphatic rings. The average Bonchev–Trinajstić information content (AvgIpc) is 2.34. The number of hydrogen-bond donors (Lipinski definition) is 3. The quantitative estimate of drug-likeness (QED) is 0.516. The van der Waals surface area contributed by atoms with Gasteiger partial charge in [0.2, 0.25) is 5.91 Å². The van der Waals surface area contributed by atoms with Crippen LogP contribution in [0, 0.1) is 0 Å². The van der Waals surface area contributed by atoms with E-state index in [2.05, 4.69) is 17.2 Å². The minimum absolute atomic E-state index is 0.112. The normalized spacial score (nSPS) is 28.5. The predicted molar refractivity (Wildman–Crippen MR) is 45.4 cm³/mol. The first kappa shape index (κ1) is 9.22. The van der Waals surface area contributed by atoms with Gasteiger partial charge in [0.15, 0.2) is 0 Å². The zero-order valence-corrected chi connectivity index (χ0v) is 7.13. The molecule has 0 aromatic rings. The van der Waals surface area contributed by atoms with Gasteiger partial charge in [0.1, 0.15) is 0 Å². The van der Waals surface area contributed by atoms with Crippen molar-refractivity contribution in [3.05, 3.63) is 12.3 Å². The van der Waals surface area contributed by atoms with Crippen molar-refractivity contribution in [1.29, 1.82) is 0 Å². The Hall–Kier alpha value is -0.870. The van der Waals surface area contributed by atoms with E-state index in [0.29, 0.717) is 18.7 Å². The van der Waals surface area contributed by atoms with Crippen LogP contribution in [0.1, 0.15) is 13.3 Å². The number of amides is 1. The Labute approximate surface area is 71.7 Å². The first-order valence-corrected chi connectivity index (χ1v) is 3.97. The number of β-amino-alcohol motifs (C(OH)–C–C–N with tert-alkyl or cyclic N) is 1. The summed E-state index contributed by atoms with van der Waals surface area (Å²) in [5.74, 6) is -0.112. The second-order valence-electron chi connectivity index (χ2n) is 3.12. The topological polar surface area (TPSA) is 61.4 Å². The molecular formula is C8H14N2O2. The molecule has 1 rings (SSSR count). The van der Waals surface area contributed by atoms with Crippen molar-refractivity contribution >= 4 is 5.91 Å². The van der Waals surface area contributed by atoms with E-state index in [9.17, 15) is 4.79 Å². The van der Waals surface area contributed by atoms with Crippen LogP contribution in [0.25, 0.3) is 0 Å². The molecule has 12 heavy (non-hydrogen) atoms. The van der Waals surface area contributed by atoms with E-state index in [0.717, 1.165) is 0 Å². The Bertz CT molecular complexity index is 203. The van der Waals surface area contributed by atoms with Crippen LogP contribution in [0.4, 0.5) is 0 Å². The Morgan fingerprint density at radius 2 is 2.42 bits per heavy atom. The third-order valence-electron chi connectivity index (χ3n) is 1.76. The maximum absolute atomic E-state index is 11.3. The summed E-state index contributed by atoms with van der Waals surface area (Å²) < 4.78 is 0. The largest absolute Gasteiger partial charge is 0.392 e. The van der Waals surface area contributed by atoms with Crippen molar-refractivity contribution in [2.45, 2.75) is 25.5 Å². The predicted octanol–water partition coefficient (Wildman–Crippen LogP) is -0.641. The van der Waals surface area contributed by atoms with E-state index in [1.165, 1.54) is 0 Å². The molecule has 1 amide bonds. The van der Waals surface area contributed by atoms with E-state index >= 15 is 0 Å². The molecule has 0 aromatic carbocycles. The van der Waals surface area contributed by atoms with Crippen LogP contribution in [0.3, 0.4) is 0 Å². The summed E-state index contributed by atoms with van der Waals surface area (Å²) >= 11 is 0. The highest BCUT2D eigenvalue weighted by Crippen LogP contribution is 2.06. The molecule has 0 bridgehead atoms. The lowest BCUT2D eigenvalue weighted by Crippen LogP contribution is -2.39. The van der Waals surface area contributed by atoms with Crippen molar-refractivity contribution in [2.24, 2.45) is 0 Å². The molecule has 1 aliphatic heterocycles. The van der Waals surface area contributed by atoms with E-state index in [1.54, 1.807) is 6.92 Å². The van der Waals surface area contributed by atoms with Crippen molar-refractivity contribution < 1.29 is 9.90 Å². The van der Waals surface area contributed by atoms with E-state index in [4.69, 9.17) is 5.11 Å². The molecule has 3 N–H and O–H groups in total. The Morgan fingerprint density at radius 3 is 2.83 bits per heavy atom. The van der Waals surface area contributed by atoms with Gasteiger partial charge in [0.25, 0.3) is 0 Å². The summed E-state index contributed by atoms with van der Waals surface area (Å²) in [7, 11) is 0. The van der Waals surface area contributed by atoms with Gasteiger partial charge in [-0.05, 0) is 13.3 Å². The molecule has 0 aromatic heterocycles. The molecule has 0 aliphatic carbocycles. The van der Waals surface area contributed by atoms with E-state index in [1.807, 2.05) is 0 Å². The number of aliphatic hydroxyl groups is 1. The third kappa shape index (κ3) is 2.32. The minimum Gasteiger partial charge on any atom is -0.392 e. The number of carbonyl (C=O) groups excluding carboxylic acids is 1. The maximum Gasteiger partial charge on any atom is 0.241 e. The molecule has 2 unspecified atom stereocenters. The zero-order chi connectivity index (χ0) is 9.14. The fraction of sp³-hybridized carbons (Fsp3) is 0.625. The van der Waals surface area contributed by atoms with Gasteiger partial charge in [-0.15, -0.1) is 0 Å². The van der Waals surface area contributed by atoms with Gasteiger partial charge in [-0.1, -0.05) is 6.58 Å². The fourth-order valence-corrected chi connectivity index (χ4v) is 1.21. The molecule has 2 atom stereocenters. The van der Waals surface area contributed by atoms with Crippen LogP contribution < -0.4 is 10.6 Å². The summed E-state index contributed by atoms with van der Waals surface area (Å²) in [4.78, 5) is 11.3. The van der Waals surface area contributed by atoms with Crippen LogP contribution in [0.2, 0.25) is 0 Å². The molecule has 1 saturated heterocycles. The first-order chi connectivity index (χ1) is 5.59. The average molecular weight is 170 g/mol. The fourth-order valence-electron chi connectivity index (χ4n) is 1.21. The second kappa shape index (κ2) is 3.69. The second-order valence-corrected chi connectivity index (χ2v) is 3.12. The number of nitrogens with one attached hydrogen (secondary N) is 2. The molecule has 68 valence electrons. The van der Waals surface area contributed by atoms with Crippen LogP contribution in [-0.2, 0) is 4.79 Å². The number of aliphatic hydroxyl groups excluding tert-OH is 1. The van der Waals surface area contributed by atoms with Crippen molar-refractivity contribution in [3.63, 3.8) is 0 Å². The highest BCUT2D eigenvalue weighted by Gasteiger charge is 2.27. The highest BCUT2D eigenvalue weighted by atomic mass is 16.3. The molecule has 1 fully saturated rings. The summed E-state index contributed by atoms with van der Waals surface area (Å²) in [5.41, 5.74) is 0.628. The molecular weight excluding hydrogens is 156 g/mol. The van der Waals surface area contributed by atoms with Crippen LogP contribution >= 0.6 is 0 Å². The lowest BCUT2D eigenvalue weighted by molar-refractivity contribution is -0.122. The first-order valence-electron chi connectivity index (χ1n) is 3.97. The van der Waals surface area contributed by atoms with Crippen molar-refractivity contribution in [1.82, 2.24) is 10.6 Å². The monoisotopic (exact) mass is 170 g/mol. The molecule has 0 radical (unpaired) electrons. The van der Waals surface area contributed by atoms with Gasteiger partial charge in [0.05, 0.1) is 12.1 Å². The number of rotatable bonds is 2. The van der Waals surface area contributed by atoms with E-state index in [-0.39, 0.29) is 11.9 Å². The molecule has 1 heterocycles. The summed E-state index contributed by atoms with van der Waals surface area (Å²) in [6, 6.07) is -0.267. The van der Waals surface area contributed by atoms with Crippen LogP contribution in [0.5, 0.6) is 0 Å². The van der Waals surface area contributed by atoms with Crippen molar-refractivity contribution in [3.8, 4) is 0 Å². The maximum atomic E-state index is 11.3. The number of carbonyl (C=O) groups is 1. The molecule has 4 nitrogen and oxygen atoms in total. The SMILES string of the molecule is C=C(C)NC(=O)C1CC(O)CN1. The zero-order valence-electron chi connectivity index (χ0n) is 7.13. The van der Waals surface area contributed by atoms with E-state index < -0.39 is 6.10 Å². The standard InChI is InChI=1S/C8H14N2O2/c1-5(2)10-8(12)7-3-6(11)4-9-7/h6-7,9,11H,1,3-4H2,2H3,(H,10,12).